The highest BCUT2D eigenvalue weighted by molar-refractivity contribution is 7.92. The van der Waals surface area contributed by atoms with E-state index in [0.717, 1.165) is 22.5 Å². The molecular formula is C23H29FN6O3S. The van der Waals surface area contributed by atoms with Crippen molar-refractivity contribution in [1.82, 2.24) is 15.2 Å². The van der Waals surface area contributed by atoms with Gasteiger partial charge in [-0.3, -0.25) is 4.31 Å². The maximum atomic E-state index is 15.5. The molecule has 182 valence electrons. The van der Waals surface area contributed by atoms with Crippen LogP contribution in [0.4, 0.5) is 16.0 Å². The molecule has 1 aromatic carbocycles. The molecule has 0 amide bonds. The number of anilines is 2. The lowest BCUT2D eigenvalue weighted by atomic mass is 9.94. The number of halogens is 1. The zero-order valence-electron chi connectivity index (χ0n) is 19.6. The third kappa shape index (κ3) is 5.20. The van der Waals surface area contributed by atoms with Gasteiger partial charge >= 0.3 is 0 Å². The van der Waals surface area contributed by atoms with Gasteiger partial charge in [-0.05, 0) is 43.2 Å². The summed E-state index contributed by atoms with van der Waals surface area (Å²) >= 11 is 0. The van der Waals surface area contributed by atoms with E-state index < -0.39 is 21.4 Å². The summed E-state index contributed by atoms with van der Waals surface area (Å²) in [5.41, 5.74) is 6.40. The molecule has 3 aromatic rings. The Morgan fingerprint density at radius 3 is 2.59 bits per heavy atom. The van der Waals surface area contributed by atoms with Crippen molar-refractivity contribution in [3.05, 3.63) is 53.7 Å². The third-order valence-electron chi connectivity index (χ3n) is 6.12. The molecule has 0 spiro atoms. The second-order valence-corrected chi connectivity index (χ2v) is 11.3. The quantitative estimate of drug-likeness (QED) is 0.470. The van der Waals surface area contributed by atoms with Gasteiger partial charge in [-0.2, -0.15) is 0 Å². The van der Waals surface area contributed by atoms with Crippen molar-refractivity contribution in [3.63, 3.8) is 0 Å². The minimum Gasteiger partial charge on any atom is -0.419 e. The van der Waals surface area contributed by atoms with Gasteiger partial charge in [-0.25, -0.2) is 17.8 Å². The smallest absolute Gasteiger partial charge is 0.251 e. The number of hydrogen-bond donors (Lipinski definition) is 2. The van der Waals surface area contributed by atoms with E-state index in [4.69, 9.17) is 10.2 Å². The summed E-state index contributed by atoms with van der Waals surface area (Å²) in [6.45, 7) is 4.55. The van der Waals surface area contributed by atoms with Gasteiger partial charge in [0.05, 0.1) is 17.4 Å². The van der Waals surface area contributed by atoms with E-state index >= 15 is 4.39 Å². The molecule has 0 bridgehead atoms. The number of nitrogens with two attached hydrogens (primary N) is 1. The fourth-order valence-electron chi connectivity index (χ4n) is 3.71. The number of rotatable bonds is 9. The van der Waals surface area contributed by atoms with Crippen molar-refractivity contribution in [1.29, 1.82) is 0 Å². The monoisotopic (exact) mass is 488 g/mol. The van der Waals surface area contributed by atoms with Crippen LogP contribution in [0, 0.1) is 17.7 Å². The van der Waals surface area contributed by atoms with Gasteiger partial charge in [-0.15, -0.1) is 10.2 Å². The Labute approximate surface area is 198 Å². The summed E-state index contributed by atoms with van der Waals surface area (Å²) in [7, 11) is -2.51. The van der Waals surface area contributed by atoms with Crippen LogP contribution in [0.3, 0.4) is 0 Å². The first-order chi connectivity index (χ1) is 16.0. The number of sulfonamides is 1. The van der Waals surface area contributed by atoms with Crippen molar-refractivity contribution in [2.45, 2.75) is 32.2 Å². The first-order valence-electron chi connectivity index (χ1n) is 11.0. The molecule has 2 heterocycles. The van der Waals surface area contributed by atoms with Crippen molar-refractivity contribution in [2.24, 2.45) is 17.6 Å². The fourth-order valence-corrected chi connectivity index (χ4v) is 4.14. The lowest BCUT2D eigenvalue weighted by Crippen LogP contribution is -2.35. The van der Waals surface area contributed by atoms with E-state index in [1.165, 1.54) is 13.1 Å². The van der Waals surface area contributed by atoms with Crippen LogP contribution in [0.25, 0.3) is 11.5 Å². The highest BCUT2D eigenvalue weighted by Crippen LogP contribution is 2.38. The van der Waals surface area contributed by atoms with Gasteiger partial charge in [0, 0.05) is 13.6 Å². The first-order valence-corrected chi connectivity index (χ1v) is 12.9. The van der Waals surface area contributed by atoms with Crippen molar-refractivity contribution in [2.75, 3.05) is 29.5 Å². The van der Waals surface area contributed by atoms with Crippen molar-refractivity contribution < 1.29 is 17.2 Å². The Morgan fingerprint density at radius 2 is 1.97 bits per heavy atom. The van der Waals surface area contributed by atoms with E-state index in [1.807, 2.05) is 30.3 Å². The summed E-state index contributed by atoms with van der Waals surface area (Å²) in [5, 5.41) is 11.3. The Kier molecular flexibility index (Phi) is 6.34. The molecule has 1 saturated carbocycles. The minimum absolute atomic E-state index is 0.0545. The fraction of sp³-hybridized carbons (Fsp3) is 0.435. The molecule has 1 aliphatic carbocycles. The van der Waals surface area contributed by atoms with Gasteiger partial charge in [0.1, 0.15) is 5.82 Å². The topological polar surface area (TPSA) is 127 Å². The zero-order chi connectivity index (χ0) is 24.7. The largest absolute Gasteiger partial charge is 0.419 e. The van der Waals surface area contributed by atoms with Crippen LogP contribution in [0.5, 0.6) is 0 Å². The summed E-state index contributed by atoms with van der Waals surface area (Å²) in [5.74, 6) is 0.225. The molecule has 9 nitrogen and oxygen atoms in total. The van der Waals surface area contributed by atoms with E-state index in [9.17, 15) is 8.42 Å². The predicted octanol–water partition coefficient (Wildman–Crippen LogP) is 3.15. The van der Waals surface area contributed by atoms with Gasteiger partial charge in [0.2, 0.25) is 15.9 Å². The second-order valence-electron chi connectivity index (χ2n) is 9.27. The van der Waals surface area contributed by atoms with E-state index in [-0.39, 0.29) is 23.2 Å². The number of pyridine rings is 1. The zero-order valence-corrected chi connectivity index (χ0v) is 20.4. The number of aromatic nitrogens is 3. The van der Waals surface area contributed by atoms with E-state index in [1.54, 1.807) is 6.92 Å². The standard InChI is InChI=1S/C23H29FN6O3S/c1-14-10-16(14)13-26-18-11-17(19(24)20(27-18)30(3)34(4,31)32)21-28-29-22(33-21)23(2,25)12-15-8-6-5-7-9-15/h5-9,11,14,16H,10,12-13,25H2,1-4H3,(H,26,27)/t14?,16?,23-/m0/s1. The normalized spacial score (nSPS) is 19.5. The first kappa shape index (κ1) is 24.1. The van der Waals surface area contributed by atoms with E-state index in [2.05, 4.69) is 27.4 Å². The number of nitrogens with one attached hydrogen (secondary N) is 1. The maximum absolute atomic E-state index is 15.5. The van der Waals surface area contributed by atoms with Crippen LogP contribution < -0.4 is 15.4 Å². The maximum Gasteiger partial charge on any atom is 0.251 e. The average molecular weight is 489 g/mol. The summed E-state index contributed by atoms with van der Waals surface area (Å²) in [4.78, 5) is 4.21. The lowest BCUT2D eigenvalue weighted by Gasteiger charge is -2.20. The lowest BCUT2D eigenvalue weighted by molar-refractivity contribution is 0.355. The molecule has 0 saturated heterocycles. The second kappa shape index (κ2) is 8.95. The van der Waals surface area contributed by atoms with Crippen molar-refractivity contribution in [3.8, 4) is 11.5 Å². The summed E-state index contributed by atoms with van der Waals surface area (Å²) < 4.78 is 46.3. The Balaban J connectivity index is 1.69. The van der Waals surface area contributed by atoms with Crippen LogP contribution >= 0.6 is 0 Å². The molecule has 11 heteroatoms. The number of hydrogen-bond acceptors (Lipinski definition) is 8. The van der Waals surface area contributed by atoms with Crippen LogP contribution in [0.2, 0.25) is 0 Å². The van der Waals surface area contributed by atoms with Crippen LogP contribution in [0.1, 0.15) is 31.7 Å². The molecule has 1 aliphatic rings. The predicted molar refractivity (Wildman–Crippen MR) is 128 cm³/mol. The van der Waals surface area contributed by atoms with Gasteiger partial charge in [0.25, 0.3) is 5.89 Å². The molecule has 0 aliphatic heterocycles. The number of nitrogens with zero attached hydrogens (tertiary/aromatic N) is 4. The van der Waals surface area contributed by atoms with E-state index in [0.29, 0.717) is 30.6 Å². The van der Waals surface area contributed by atoms with Gasteiger partial charge in [0.15, 0.2) is 11.6 Å². The minimum atomic E-state index is -3.76. The van der Waals surface area contributed by atoms with Gasteiger partial charge < -0.3 is 15.5 Å². The Morgan fingerprint density at radius 1 is 1.29 bits per heavy atom. The van der Waals surface area contributed by atoms with Crippen LogP contribution in [-0.4, -0.2) is 43.4 Å². The third-order valence-corrected chi connectivity index (χ3v) is 7.28. The van der Waals surface area contributed by atoms with Gasteiger partial charge in [-0.1, -0.05) is 37.3 Å². The summed E-state index contributed by atoms with van der Waals surface area (Å²) in [6, 6.07) is 11.1. The molecule has 0 radical (unpaired) electrons. The molecule has 4 rings (SSSR count). The SMILES string of the molecule is CC1CC1CNc1cc(-c2nnc([C@@](C)(N)Cc3ccccc3)o2)c(F)c(N(C)S(C)(=O)=O)n1. The highest BCUT2D eigenvalue weighted by Gasteiger charge is 2.33. The molecule has 1 fully saturated rings. The number of benzene rings is 1. The molecule has 3 atom stereocenters. The summed E-state index contributed by atoms with van der Waals surface area (Å²) in [6.07, 6.45) is 2.51. The molecule has 3 N–H and O–H groups in total. The molecular weight excluding hydrogens is 459 g/mol. The van der Waals surface area contributed by atoms with Crippen LogP contribution in [0.15, 0.2) is 40.8 Å². The Bertz CT molecular complexity index is 1280. The van der Waals surface area contributed by atoms with Crippen LogP contribution in [-0.2, 0) is 22.0 Å². The molecule has 2 unspecified atom stereocenters. The molecule has 2 aromatic heterocycles. The average Bonchev–Trinajstić information content (AvgIpc) is 3.25. The molecule has 34 heavy (non-hydrogen) atoms. The highest BCUT2D eigenvalue weighted by atomic mass is 32.2. The van der Waals surface area contributed by atoms with Crippen molar-refractivity contribution >= 4 is 21.7 Å². The Hall–Kier alpha value is -3.05.